The Kier molecular flexibility index (Phi) is 8.83. The Labute approximate surface area is 186 Å². The standard InChI is InChI=1S/C23H29N3O6/c1-14(2)19(12-18(28)10-11-26-20(29)8-9-21(26)30)23(32)24-15(3)22(31)25-17-6-4-16(13-27)5-7-17/h4-9,14-15,19,27H,10-13H2,1-3H3,(H,24,32)(H,25,31)/t15-,19-/m0/s1. The maximum Gasteiger partial charge on any atom is 0.253 e. The number of hydrogen-bond acceptors (Lipinski definition) is 6. The van der Waals surface area contributed by atoms with Crippen LogP contribution in [0.5, 0.6) is 0 Å². The number of ketones is 1. The summed E-state index contributed by atoms with van der Waals surface area (Å²) in [7, 11) is 0. The molecule has 32 heavy (non-hydrogen) atoms. The van der Waals surface area contributed by atoms with Crippen LogP contribution in [0.3, 0.4) is 0 Å². The third kappa shape index (κ3) is 6.84. The zero-order chi connectivity index (χ0) is 23.8. The van der Waals surface area contributed by atoms with E-state index in [0.717, 1.165) is 17.1 Å². The fourth-order valence-electron chi connectivity index (χ4n) is 3.20. The van der Waals surface area contributed by atoms with Crippen LogP contribution in [0.2, 0.25) is 0 Å². The van der Waals surface area contributed by atoms with Gasteiger partial charge in [0.25, 0.3) is 11.8 Å². The number of imide groups is 1. The van der Waals surface area contributed by atoms with E-state index in [2.05, 4.69) is 10.6 Å². The maximum absolute atomic E-state index is 12.7. The van der Waals surface area contributed by atoms with Crippen molar-refractivity contribution in [1.82, 2.24) is 10.2 Å². The quantitative estimate of drug-likeness (QED) is 0.440. The first-order chi connectivity index (χ1) is 15.1. The third-order valence-electron chi connectivity index (χ3n) is 5.26. The second-order valence-electron chi connectivity index (χ2n) is 8.08. The van der Waals surface area contributed by atoms with Crippen molar-refractivity contribution in [2.75, 3.05) is 11.9 Å². The van der Waals surface area contributed by atoms with Gasteiger partial charge < -0.3 is 15.7 Å². The first kappa shape index (κ1) is 24.9. The van der Waals surface area contributed by atoms with E-state index in [1.54, 1.807) is 31.2 Å². The van der Waals surface area contributed by atoms with Crippen molar-refractivity contribution >= 4 is 35.1 Å². The number of anilines is 1. The molecule has 9 nitrogen and oxygen atoms in total. The molecule has 9 heteroatoms. The Morgan fingerprint density at radius 3 is 2.09 bits per heavy atom. The third-order valence-corrected chi connectivity index (χ3v) is 5.26. The Balaban J connectivity index is 1.87. The summed E-state index contributed by atoms with van der Waals surface area (Å²) < 4.78 is 0. The van der Waals surface area contributed by atoms with Crippen LogP contribution in [-0.2, 0) is 30.6 Å². The Hall–Kier alpha value is -3.33. The average molecular weight is 444 g/mol. The van der Waals surface area contributed by atoms with Gasteiger partial charge in [0.1, 0.15) is 11.8 Å². The SMILES string of the molecule is CC(C)[C@H](CC(=O)CCN1C(=O)C=CC1=O)C(=O)N[C@@H](C)C(=O)Nc1ccc(CO)cc1. The molecule has 0 radical (unpaired) electrons. The number of nitrogens with zero attached hydrogens (tertiary/aromatic N) is 1. The van der Waals surface area contributed by atoms with E-state index < -0.39 is 35.6 Å². The molecule has 0 saturated heterocycles. The fraction of sp³-hybridized carbons (Fsp3) is 0.435. The van der Waals surface area contributed by atoms with Gasteiger partial charge >= 0.3 is 0 Å². The zero-order valence-corrected chi connectivity index (χ0v) is 18.5. The van der Waals surface area contributed by atoms with Crippen molar-refractivity contribution < 1.29 is 29.1 Å². The summed E-state index contributed by atoms with van der Waals surface area (Å²) in [4.78, 5) is 61.7. The lowest BCUT2D eigenvalue weighted by Crippen LogP contribution is -2.45. The number of amides is 4. The van der Waals surface area contributed by atoms with Gasteiger partial charge in [-0.05, 0) is 30.5 Å². The molecule has 0 spiro atoms. The summed E-state index contributed by atoms with van der Waals surface area (Å²) in [6.07, 6.45) is 2.23. The molecule has 4 amide bonds. The smallest absolute Gasteiger partial charge is 0.253 e. The number of Topliss-reactive ketones (excluding diaryl/α,β-unsaturated/α-hetero) is 1. The second-order valence-corrected chi connectivity index (χ2v) is 8.08. The van der Waals surface area contributed by atoms with Gasteiger partial charge in [0, 0.05) is 43.1 Å². The van der Waals surface area contributed by atoms with E-state index in [1.165, 1.54) is 0 Å². The molecule has 172 valence electrons. The molecule has 1 aliphatic heterocycles. The molecule has 2 rings (SSSR count). The van der Waals surface area contributed by atoms with Crippen LogP contribution in [0.4, 0.5) is 5.69 Å². The summed E-state index contributed by atoms with van der Waals surface area (Å²) >= 11 is 0. The lowest BCUT2D eigenvalue weighted by Gasteiger charge is -2.22. The van der Waals surface area contributed by atoms with Crippen molar-refractivity contribution in [3.8, 4) is 0 Å². The predicted molar refractivity (Wildman–Crippen MR) is 117 cm³/mol. The molecule has 0 aliphatic carbocycles. The second kappa shape index (κ2) is 11.3. The van der Waals surface area contributed by atoms with Crippen LogP contribution >= 0.6 is 0 Å². The van der Waals surface area contributed by atoms with Crippen LogP contribution in [-0.4, -0.2) is 52.0 Å². The topological polar surface area (TPSA) is 133 Å². The number of benzene rings is 1. The van der Waals surface area contributed by atoms with Crippen LogP contribution in [0.15, 0.2) is 36.4 Å². The molecule has 1 heterocycles. The largest absolute Gasteiger partial charge is 0.392 e. The molecule has 1 aromatic carbocycles. The van der Waals surface area contributed by atoms with Gasteiger partial charge in [-0.2, -0.15) is 0 Å². The zero-order valence-electron chi connectivity index (χ0n) is 18.5. The number of rotatable bonds is 11. The summed E-state index contributed by atoms with van der Waals surface area (Å²) in [6, 6.07) is 5.83. The van der Waals surface area contributed by atoms with Crippen LogP contribution in [0.25, 0.3) is 0 Å². The van der Waals surface area contributed by atoms with Gasteiger partial charge in [-0.1, -0.05) is 26.0 Å². The van der Waals surface area contributed by atoms with Crippen molar-refractivity contribution in [1.29, 1.82) is 0 Å². The van der Waals surface area contributed by atoms with Crippen LogP contribution in [0.1, 0.15) is 39.2 Å². The normalized spacial score (nSPS) is 15.1. The first-order valence-corrected chi connectivity index (χ1v) is 10.5. The Bertz CT molecular complexity index is 889. The number of nitrogens with one attached hydrogen (secondary N) is 2. The van der Waals surface area contributed by atoms with Gasteiger partial charge in [0.05, 0.1) is 6.61 Å². The molecule has 2 atom stereocenters. The number of carbonyl (C=O) groups excluding carboxylic acids is 5. The predicted octanol–water partition coefficient (Wildman–Crippen LogP) is 1.17. The summed E-state index contributed by atoms with van der Waals surface area (Å²) in [6.45, 7) is 5.04. The van der Waals surface area contributed by atoms with Crippen molar-refractivity contribution in [3.05, 3.63) is 42.0 Å². The number of aliphatic hydroxyl groups excluding tert-OH is 1. The molecule has 0 bridgehead atoms. The molecule has 1 aliphatic rings. The Morgan fingerprint density at radius 1 is 0.969 bits per heavy atom. The van der Waals surface area contributed by atoms with E-state index in [-0.39, 0.29) is 37.7 Å². The lowest BCUT2D eigenvalue weighted by atomic mass is 9.89. The highest BCUT2D eigenvalue weighted by Gasteiger charge is 2.29. The number of carbonyl (C=O) groups is 5. The summed E-state index contributed by atoms with van der Waals surface area (Å²) in [5, 5.41) is 14.4. The molecule has 0 aromatic heterocycles. The van der Waals surface area contributed by atoms with Gasteiger partial charge in [0.15, 0.2) is 0 Å². The molecule has 3 N–H and O–H groups in total. The highest BCUT2D eigenvalue weighted by molar-refractivity contribution is 6.13. The molecule has 0 saturated carbocycles. The van der Waals surface area contributed by atoms with Gasteiger partial charge in [-0.25, -0.2) is 0 Å². The highest BCUT2D eigenvalue weighted by atomic mass is 16.3. The van der Waals surface area contributed by atoms with E-state index in [4.69, 9.17) is 5.11 Å². The number of hydrogen-bond donors (Lipinski definition) is 3. The van der Waals surface area contributed by atoms with E-state index in [9.17, 15) is 24.0 Å². The van der Waals surface area contributed by atoms with Crippen LogP contribution in [0, 0.1) is 11.8 Å². The van der Waals surface area contributed by atoms with Gasteiger partial charge in [0.2, 0.25) is 11.8 Å². The Morgan fingerprint density at radius 2 is 1.56 bits per heavy atom. The molecule has 0 unspecified atom stereocenters. The average Bonchev–Trinajstić information content (AvgIpc) is 3.07. The minimum absolute atomic E-state index is 0.0240. The first-order valence-electron chi connectivity index (χ1n) is 10.5. The minimum atomic E-state index is -0.831. The fourth-order valence-corrected chi connectivity index (χ4v) is 3.20. The molecule has 0 fully saturated rings. The van der Waals surface area contributed by atoms with Crippen molar-refractivity contribution in [3.63, 3.8) is 0 Å². The van der Waals surface area contributed by atoms with E-state index in [0.29, 0.717) is 11.3 Å². The van der Waals surface area contributed by atoms with E-state index in [1.807, 2.05) is 13.8 Å². The monoisotopic (exact) mass is 443 g/mol. The van der Waals surface area contributed by atoms with Crippen LogP contribution < -0.4 is 10.6 Å². The van der Waals surface area contributed by atoms with Crippen molar-refractivity contribution in [2.45, 2.75) is 46.3 Å². The lowest BCUT2D eigenvalue weighted by molar-refractivity contribution is -0.137. The summed E-state index contributed by atoms with van der Waals surface area (Å²) in [5.74, 6) is -2.78. The molecular weight excluding hydrogens is 414 g/mol. The molecule has 1 aromatic rings. The van der Waals surface area contributed by atoms with Gasteiger partial charge in [-0.15, -0.1) is 0 Å². The van der Waals surface area contributed by atoms with E-state index >= 15 is 0 Å². The highest BCUT2D eigenvalue weighted by Crippen LogP contribution is 2.18. The van der Waals surface area contributed by atoms with Gasteiger partial charge in [-0.3, -0.25) is 28.9 Å². The minimum Gasteiger partial charge on any atom is -0.392 e. The summed E-state index contributed by atoms with van der Waals surface area (Å²) in [5.41, 5.74) is 1.24. The van der Waals surface area contributed by atoms with Crippen molar-refractivity contribution in [2.24, 2.45) is 11.8 Å². The number of aliphatic hydroxyl groups is 1. The molecular formula is C23H29N3O6. The maximum atomic E-state index is 12.7.